The number of aliphatic carboxylic acids is 1. The minimum absolute atomic E-state index is 0.0774. The molecule has 122 valence electrons. The van der Waals surface area contributed by atoms with E-state index in [0.29, 0.717) is 25.3 Å². The van der Waals surface area contributed by atoms with E-state index < -0.39 is 11.5 Å². The quantitative estimate of drug-likeness (QED) is 0.758. The second-order valence-corrected chi connectivity index (χ2v) is 6.66. The molecule has 0 aromatic rings. The first-order valence-corrected chi connectivity index (χ1v) is 8.15. The van der Waals surface area contributed by atoms with Gasteiger partial charge in [0.1, 0.15) is 5.54 Å². The topological polar surface area (TPSA) is 69.6 Å². The van der Waals surface area contributed by atoms with E-state index in [1.54, 1.807) is 4.90 Å². The lowest BCUT2D eigenvalue weighted by atomic mass is 9.91. The Kier molecular flexibility index (Phi) is 6.49. The number of carbonyl (C=O) groups excluding carboxylic acids is 1. The number of urea groups is 1. The zero-order valence-electron chi connectivity index (χ0n) is 13.8. The maximum atomic E-state index is 12.4. The van der Waals surface area contributed by atoms with E-state index >= 15 is 0 Å². The molecule has 0 aliphatic carbocycles. The summed E-state index contributed by atoms with van der Waals surface area (Å²) in [6, 6.07) is -0.145. The summed E-state index contributed by atoms with van der Waals surface area (Å²) < 4.78 is 0. The molecule has 0 spiro atoms. The summed E-state index contributed by atoms with van der Waals surface area (Å²) in [5, 5.41) is 12.6. The molecular weight excluding hydrogens is 268 g/mol. The number of hydrogen-bond donors (Lipinski definition) is 2. The van der Waals surface area contributed by atoms with Gasteiger partial charge in [-0.25, -0.2) is 9.59 Å². The van der Waals surface area contributed by atoms with E-state index in [-0.39, 0.29) is 12.1 Å². The number of carboxylic acids is 1. The Morgan fingerprint density at radius 1 is 1.29 bits per heavy atom. The summed E-state index contributed by atoms with van der Waals surface area (Å²) in [6.07, 6.45) is 4.59. The van der Waals surface area contributed by atoms with E-state index in [2.05, 4.69) is 19.2 Å². The molecule has 5 nitrogen and oxygen atoms in total. The molecule has 1 saturated heterocycles. The molecule has 21 heavy (non-hydrogen) atoms. The molecule has 0 aromatic carbocycles. The molecule has 1 rings (SSSR count). The van der Waals surface area contributed by atoms with Crippen LogP contribution in [0.15, 0.2) is 0 Å². The van der Waals surface area contributed by atoms with Crippen molar-refractivity contribution < 1.29 is 14.7 Å². The highest BCUT2D eigenvalue weighted by Gasteiger charge is 2.49. The van der Waals surface area contributed by atoms with E-state index in [0.717, 1.165) is 25.7 Å². The normalized spacial score (nSPS) is 23.4. The summed E-state index contributed by atoms with van der Waals surface area (Å²) in [5.74, 6) is -0.263. The molecule has 0 saturated carbocycles. The minimum atomic E-state index is -1.00. The monoisotopic (exact) mass is 298 g/mol. The molecule has 5 heteroatoms. The van der Waals surface area contributed by atoms with Gasteiger partial charge in [-0.3, -0.25) is 0 Å². The van der Waals surface area contributed by atoms with E-state index in [1.807, 2.05) is 13.8 Å². The van der Waals surface area contributed by atoms with Crippen molar-refractivity contribution >= 4 is 12.0 Å². The largest absolute Gasteiger partial charge is 0.479 e. The van der Waals surface area contributed by atoms with Crippen molar-refractivity contribution in [3.05, 3.63) is 0 Å². The van der Waals surface area contributed by atoms with Crippen LogP contribution in [0, 0.1) is 5.92 Å². The number of hydrogen-bond acceptors (Lipinski definition) is 2. The molecule has 0 radical (unpaired) electrons. The van der Waals surface area contributed by atoms with Gasteiger partial charge in [0, 0.05) is 12.6 Å². The van der Waals surface area contributed by atoms with Crippen LogP contribution in [0.1, 0.15) is 66.2 Å². The Balaban J connectivity index is 2.69. The van der Waals surface area contributed by atoms with E-state index in [4.69, 9.17) is 0 Å². The highest BCUT2D eigenvalue weighted by molar-refractivity contribution is 5.87. The predicted molar refractivity (Wildman–Crippen MR) is 83.3 cm³/mol. The van der Waals surface area contributed by atoms with Crippen molar-refractivity contribution in [1.82, 2.24) is 10.2 Å². The zero-order chi connectivity index (χ0) is 16.0. The van der Waals surface area contributed by atoms with Crippen LogP contribution in [-0.2, 0) is 4.79 Å². The molecule has 2 N–H and O–H groups in total. The lowest BCUT2D eigenvalue weighted by molar-refractivity contribution is -0.148. The molecule has 2 unspecified atom stereocenters. The van der Waals surface area contributed by atoms with Gasteiger partial charge in [0.05, 0.1) is 0 Å². The summed E-state index contributed by atoms with van der Waals surface area (Å²) in [5.41, 5.74) is -1.00. The van der Waals surface area contributed by atoms with E-state index in [9.17, 15) is 14.7 Å². The molecular formula is C16H30N2O3. The van der Waals surface area contributed by atoms with Gasteiger partial charge in [-0.15, -0.1) is 0 Å². The fourth-order valence-electron chi connectivity index (χ4n) is 3.12. The molecule has 1 aliphatic rings. The van der Waals surface area contributed by atoms with Crippen LogP contribution in [0.25, 0.3) is 0 Å². The number of carbonyl (C=O) groups is 2. The van der Waals surface area contributed by atoms with Crippen molar-refractivity contribution in [3.63, 3.8) is 0 Å². The number of carboxylic acid groups (broad SMARTS) is 1. The number of nitrogens with one attached hydrogen (secondary N) is 1. The summed E-state index contributed by atoms with van der Waals surface area (Å²) in [4.78, 5) is 25.7. The fraction of sp³-hybridized carbons (Fsp3) is 0.875. The molecule has 2 amide bonds. The van der Waals surface area contributed by atoms with Crippen LogP contribution >= 0.6 is 0 Å². The Bertz CT molecular complexity index is 371. The zero-order valence-corrected chi connectivity index (χ0v) is 13.8. The second-order valence-electron chi connectivity index (χ2n) is 6.66. The van der Waals surface area contributed by atoms with Crippen molar-refractivity contribution in [1.29, 1.82) is 0 Å². The third-order valence-electron chi connectivity index (χ3n) is 4.34. The predicted octanol–water partition coefficient (Wildman–Crippen LogP) is 3.24. The third kappa shape index (κ3) is 4.35. The number of nitrogens with zero attached hydrogens (tertiary/aromatic N) is 1. The average molecular weight is 298 g/mol. The van der Waals surface area contributed by atoms with Gasteiger partial charge in [-0.05, 0) is 44.9 Å². The number of rotatable bonds is 7. The lowest BCUT2D eigenvalue weighted by Crippen LogP contribution is -2.57. The van der Waals surface area contributed by atoms with Gasteiger partial charge in [-0.2, -0.15) is 0 Å². The summed E-state index contributed by atoms with van der Waals surface area (Å²) >= 11 is 0. The van der Waals surface area contributed by atoms with Gasteiger partial charge in [-0.1, -0.05) is 27.2 Å². The van der Waals surface area contributed by atoms with Crippen LogP contribution < -0.4 is 5.32 Å². The second kappa shape index (κ2) is 7.66. The third-order valence-corrected chi connectivity index (χ3v) is 4.34. The van der Waals surface area contributed by atoms with Crippen molar-refractivity contribution in [2.24, 2.45) is 5.92 Å². The Morgan fingerprint density at radius 3 is 2.48 bits per heavy atom. The van der Waals surface area contributed by atoms with Crippen LogP contribution in [0.5, 0.6) is 0 Å². The number of likely N-dealkylation sites (tertiary alicyclic amines) is 1. The number of amides is 2. The Morgan fingerprint density at radius 2 is 1.95 bits per heavy atom. The van der Waals surface area contributed by atoms with Gasteiger partial charge in [0.25, 0.3) is 0 Å². The van der Waals surface area contributed by atoms with Crippen molar-refractivity contribution in [3.8, 4) is 0 Å². The van der Waals surface area contributed by atoms with Crippen LogP contribution in [0.2, 0.25) is 0 Å². The van der Waals surface area contributed by atoms with E-state index in [1.165, 1.54) is 0 Å². The highest BCUT2D eigenvalue weighted by atomic mass is 16.4. The van der Waals surface area contributed by atoms with Gasteiger partial charge < -0.3 is 15.3 Å². The van der Waals surface area contributed by atoms with Gasteiger partial charge in [0.15, 0.2) is 0 Å². The van der Waals surface area contributed by atoms with Crippen LogP contribution in [0.4, 0.5) is 4.79 Å². The van der Waals surface area contributed by atoms with Crippen LogP contribution in [0.3, 0.4) is 0 Å². The SMILES string of the molecule is CCCC1(C(=O)O)CCCN1C(=O)NC(C)CCC(C)C. The first kappa shape index (κ1) is 17.8. The molecule has 2 atom stereocenters. The molecule has 1 fully saturated rings. The molecule has 0 bridgehead atoms. The van der Waals surface area contributed by atoms with Crippen LogP contribution in [-0.4, -0.2) is 40.1 Å². The average Bonchev–Trinajstić information content (AvgIpc) is 2.82. The Hall–Kier alpha value is -1.26. The standard InChI is InChI=1S/C16H30N2O3/c1-5-9-16(14(19)20)10-6-11-18(16)15(21)17-13(4)8-7-12(2)3/h12-13H,5-11H2,1-4H3,(H,17,21)(H,19,20). The first-order valence-electron chi connectivity index (χ1n) is 8.15. The Labute approximate surface area is 128 Å². The van der Waals surface area contributed by atoms with Crippen molar-refractivity contribution in [2.75, 3.05) is 6.54 Å². The first-order chi connectivity index (χ1) is 9.83. The van der Waals surface area contributed by atoms with Gasteiger partial charge in [0.2, 0.25) is 0 Å². The highest BCUT2D eigenvalue weighted by Crippen LogP contribution is 2.34. The lowest BCUT2D eigenvalue weighted by Gasteiger charge is -2.35. The molecule has 0 aromatic heterocycles. The molecule has 1 aliphatic heterocycles. The fourth-order valence-corrected chi connectivity index (χ4v) is 3.12. The smallest absolute Gasteiger partial charge is 0.329 e. The maximum Gasteiger partial charge on any atom is 0.329 e. The summed E-state index contributed by atoms with van der Waals surface area (Å²) in [6.45, 7) is 8.80. The maximum absolute atomic E-state index is 12.4. The molecule has 1 heterocycles. The minimum Gasteiger partial charge on any atom is -0.479 e. The van der Waals surface area contributed by atoms with Crippen molar-refractivity contribution in [2.45, 2.75) is 77.8 Å². The van der Waals surface area contributed by atoms with Gasteiger partial charge >= 0.3 is 12.0 Å². The summed E-state index contributed by atoms with van der Waals surface area (Å²) in [7, 11) is 0.